The number of hydrogen-bond acceptors (Lipinski definition) is 3. The smallest absolute Gasteiger partial charge is 0.0739 e. The zero-order valence-corrected chi connectivity index (χ0v) is 10.4. The average Bonchev–Trinajstić information content (AvgIpc) is 2.38. The van der Waals surface area contributed by atoms with Crippen LogP contribution in [0.2, 0.25) is 0 Å². The summed E-state index contributed by atoms with van der Waals surface area (Å²) in [5, 5.41) is 7.59. The molecule has 1 aromatic rings. The minimum atomic E-state index is 0.731. The molecular formula is C9H16BrN3O. The Labute approximate surface area is 92.8 Å². The second-order valence-electron chi connectivity index (χ2n) is 3.14. The van der Waals surface area contributed by atoms with Crippen molar-refractivity contribution in [1.82, 2.24) is 15.1 Å². The van der Waals surface area contributed by atoms with Gasteiger partial charge in [0, 0.05) is 27.2 Å². The van der Waals surface area contributed by atoms with Crippen molar-refractivity contribution < 1.29 is 4.74 Å². The van der Waals surface area contributed by atoms with Crippen LogP contribution in [0.3, 0.4) is 0 Å². The first kappa shape index (κ1) is 11.7. The number of aryl methyl sites for hydroxylation is 2. The zero-order chi connectivity index (χ0) is 10.6. The maximum atomic E-state index is 4.95. The van der Waals surface area contributed by atoms with Crippen LogP contribution < -0.4 is 5.32 Å². The van der Waals surface area contributed by atoms with Gasteiger partial charge in [0.25, 0.3) is 0 Å². The van der Waals surface area contributed by atoms with Crippen LogP contribution in [0.5, 0.6) is 0 Å². The molecule has 0 aliphatic heterocycles. The molecule has 14 heavy (non-hydrogen) atoms. The van der Waals surface area contributed by atoms with E-state index in [1.807, 2.05) is 18.7 Å². The Morgan fingerprint density at radius 3 is 2.79 bits per heavy atom. The zero-order valence-electron chi connectivity index (χ0n) is 8.80. The van der Waals surface area contributed by atoms with E-state index < -0.39 is 0 Å². The lowest BCUT2D eigenvalue weighted by atomic mass is 10.3. The predicted octanol–water partition coefficient (Wildman–Crippen LogP) is 1.23. The molecule has 1 rings (SSSR count). The highest BCUT2D eigenvalue weighted by Crippen LogP contribution is 2.19. The molecule has 0 radical (unpaired) electrons. The minimum absolute atomic E-state index is 0.731. The van der Waals surface area contributed by atoms with Gasteiger partial charge in [-0.1, -0.05) is 0 Å². The van der Waals surface area contributed by atoms with Crippen LogP contribution in [-0.2, 0) is 18.3 Å². The number of aromatic nitrogens is 2. The van der Waals surface area contributed by atoms with Crippen LogP contribution in [-0.4, -0.2) is 30.0 Å². The van der Waals surface area contributed by atoms with Gasteiger partial charge in [0.15, 0.2) is 0 Å². The van der Waals surface area contributed by atoms with E-state index in [0.29, 0.717) is 0 Å². The van der Waals surface area contributed by atoms with E-state index in [1.165, 1.54) is 5.69 Å². The van der Waals surface area contributed by atoms with Crippen molar-refractivity contribution in [2.45, 2.75) is 13.5 Å². The quantitative estimate of drug-likeness (QED) is 0.811. The number of nitrogens with one attached hydrogen (secondary N) is 1. The molecule has 1 heterocycles. The second kappa shape index (κ2) is 5.48. The maximum Gasteiger partial charge on any atom is 0.0739 e. The van der Waals surface area contributed by atoms with Gasteiger partial charge in [0.2, 0.25) is 0 Å². The van der Waals surface area contributed by atoms with E-state index in [2.05, 4.69) is 26.3 Å². The summed E-state index contributed by atoms with van der Waals surface area (Å²) in [5.41, 5.74) is 2.19. The first-order chi connectivity index (χ1) is 6.66. The van der Waals surface area contributed by atoms with Crippen molar-refractivity contribution in [2.75, 3.05) is 20.3 Å². The lowest BCUT2D eigenvalue weighted by Gasteiger charge is -2.04. The van der Waals surface area contributed by atoms with Gasteiger partial charge in [-0.3, -0.25) is 4.68 Å². The summed E-state index contributed by atoms with van der Waals surface area (Å²) in [4.78, 5) is 0. The van der Waals surface area contributed by atoms with Gasteiger partial charge in [-0.25, -0.2) is 0 Å². The molecule has 0 saturated heterocycles. The van der Waals surface area contributed by atoms with Crippen molar-refractivity contribution in [2.24, 2.45) is 7.05 Å². The fourth-order valence-electron chi connectivity index (χ4n) is 1.25. The molecule has 80 valence electrons. The van der Waals surface area contributed by atoms with Crippen molar-refractivity contribution >= 4 is 15.9 Å². The Morgan fingerprint density at radius 1 is 1.57 bits per heavy atom. The van der Waals surface area contributed by atoms with Crippen molar-refractivity contribution in [3.63, 3.8) is 0 Å². The fourth-order valence-corrected chi connectivity index (χ4v) is 1.73. The number of rotatable bonds is 5. The van der Waals surface area contributed by atoms with E-state index >= 15 is 0 Å². The minimum Gasteiger partial charge on any atom is -0.383 e. The largest absolute Gasteiger partial charge is 0.383 e. The van der Waals surface area contributed by atoms with Crippen LogP contribution in [0.25, 0.3) is 0 Å². The standard InChI is InChI=1S/C9H16BrN3O/c1-7-9(10)8(13(2)12-7)6-11-4-5-14-3/h11H,4-6H2,1-3H3. The molecule has 0 atom stereocenters. The molecule has 0 spiro atoms. The molecule has 0 aliphatic rings. The third-order valence-electron chi connectivity index (χ3n) is 2.04. The van der Waals surface area contributed by atoms with Gasteiger partial charge in [-0.15, -0.1) is 0 Å². The molecule has 0 bridgehead atoms. The number of nitrogens with zero attached hydrogens (tertiary/aromatic N) is 2. The number of ether oxygens (including phenoxy) is 1. The lowest BCUT2D eigenvalue weighted by Crippen LogP contribution is -2.20. The van der Waals surface area contributed by atoms with E-state index in [0.717, 1.165) is 29.9 Å². The summed E-state index contributed by atoms with van der Waals surface area (Å²) >= 11 is 3.52. The molecule has 0 aromatic carbocycles. The monoisotopic (exact) mass is 261 g/mol. The summed E-state index contributed by atoms with van der Waals surface area (Å²) in [7, 11) is 3.65. The molecule has 5 heteroatoms. The fraction of sp³-hybridized carbons (Fsp3) is 0.667. The summed E-state index contributed by atoms with van der Waals surface area (Å²) in [6, 6.07) is 0. The van der Waals surface area contributed by atoms with Crippen LogP contribution >= 0.6 is 15.9 Å². The molecule has 0 aliphatic carbocycles. The third kappa shape index (κ3) is 2.80. The van der Waals surface area contributed by atoms with E-state index in [4.69, 9.17) is 4.74 Å². The SMILES string of the molecule is COCCNCc1c(Br)c(C)nn1C. The Balaban J connectivity index is 2.49. The molecule has 0 fully saturated rings. The predicted molar refractivity (Wildman–Crippen MR) is 59.2 cm³/mol. The molecule has 0 unspecified atom stereocenters. The normalized spacial score (nSPS) is 10.9. The molecule has 0 amide bonds. The highest BCUT2D eigenvalue weighted by Gasteiger charge is 2.09. The van der Waals surface area contributed by atoms with Gasteiger partial charge in [-0.05, 0) is 22.9 Å². The van der Waals surface area contributed by atoms with Crippen molar-refractivity contribution in [1.29, 1.82) is 0 Å². The first-order valence-electron chi connectivity index (χ1n) is 4.54. The first-order valence-corrected chi connectivity index (χ1v) is 5.33. The summed E-state index contributed by atoms with van der Waals surface area (Å²) in [5.74, 6) is 0. The van der Waals surface area contributed by atoms with Gasteiger partial charge >= 0.3 is 0 Å². The highest BCUT2D eigenvalue weighted by atomic mass is 79.9. The number of hydrogen-bond donors (Lipinski definition) is 1. The average molecular weight is 262 g/mol. The van der Waals surface area contributed by atoms with Gasteiger partial charge in [0.1, 0.15) is 0 Å². The Bertz CT molecular complexity index is 298. The van der Waals surface area contributed by atoms with Gasteiger partial charge < -0.3 is 10.1 Å². The molecule has 1 N–H and O–H groups in total. The molecular weight excluding hydrogens is 246 g/mol. The van der Waals surface area contributed by atoms with Gasteiger partial charge in [0.05, 0.1) is 22.5 Å². The third-order valence-corrected chi connectivity index (χ3v) is 3.07. The van der Waals surface area contributed by atoms with Crippen LogP contribution in [0.1, 0.15) is 11.4 Å². The summed E-state index contributed by atoms with van der Waals surface area (Å²) < 4.78 is 7.92. The topological polar surface area (TPSA) is 39.1 Å². The van der Waals surface area contributed by atoms with E-state index in [1.54, 1.807) is 7.11 Å². The lowest BCUT2D eigenvalue weighted by molar-refractivity contribution is 0.199. The highest BCUT2D eigenvalue weighted by molar-refractivity contribution is 9.10. The Kier molecular flexibility index (Phi) is 4.57. The summed E-state index contributed by atoms with van der Waals surface area (Å²) in [6.45, 7) is 4.38. The Hall–Kier alpha value is -0.390. The summed E-state index contributed by atoms with van der Waals surface area (Å²) in [6.07, 6.45) is 0. The van der Waals surface area contributed by atoms with Crippen LogP contribution in [0.4, 0.5) is 0 Å². The van der Waals surface area contributed by atoms with Crippen LogP contribution in [0, 0.1) is 6.92 Å². The Morgan fingerprint density at radius 2 is 2.29 bits per heavy atom. The second-order valence-corrected chi connectivity index (χ2v) is 3.93. The van der Waals surface area contributed by atoms with Crippen molar-refractivity contribution in [3.05, 3.63) is 15.9 Å². The number of halogens is 1. The molecule has 1 aromatic heterocycles. The van der Waals surface area contributed by atoms with E-state index in [-0.39, 0.29) is 0 Å². The molecule has 4 nitrogen and oxygen atoms in total. The molecule has 0 saturated carbocycles. The van der Waals surface area contributed by atoms with Gasteiger partial charge in [-0.2, -0.15) is 5.10 Å². The number of methoxy groups -OCH3 is 1. The van der Waals surface area contributed by atoms with Crippen LogP contribution in [0.15, 0.2) is 4.47 Å². The maximum absolute atomic E-state index is 4.95. The van der Waals surface area contributed by atoms with E-state index in [9.17, 15) is 0 Å². The van der Waals surface area contributed by atoms with Crippen molar-refractivity contribution in [3.8, 4) is 0 Å².